The van der Waals surface area contributed by atoms with Gasteiger partial charge in [0.05, 0.1) is 12.1 Å². The van der Waals surface area contributed by atoms with Crippen LogP contribution in [0.1, 0.15) is 63.3 Å². The van der Waals surface area contributed by atoms with E-state index in [-0.39, 0.29) is 24.3 Å². The second kappa shape index (κ2) is 11.2. The van der Waals surface area contributed by atoms with E-state index < -0.39 is 5.60 Å². The summed E-state index contributed by atoms with van der Waals surface area (Å²) in [7, 11) is 0. The third-order valence-corrected chi connectivity index (χ3v) is 8.77. The third-order valence-electron chi connectivity index (χ3n) is 8.46. The number of benzene rings is 2. The van der Waals surface area contributed by atoms with Crippen molar-refractivity contribution in [3.05, 3.63) is 82.6 Å². The van der Waals surface area contributed by atoms with Gasteiger partial charge in [0.15, 0.2) is 0 Å². The summed E-state index contributed by atoms with van der Waals surface area (Å²) < 4.78 is 1.69. The molecule has 0 atom stereocenters. The molecule has 0 bridgehead atoms. The molecule has 2 N–H and O–H groups in total. The summed E-state index contributed by atoms with van der Waals surface area (Å²) in [5.41, 5.74) is 5.43. The second-order valence-corrected chi connectivity index (χ2v) is 11.6. The Labute approximate surface area is 244 Å². The number of nitrogens with zero attached hydrogens (tertiary/aromatic N) is 4. The Morgan fingerprint density at radius 2 is 1.54 bits per heavy atom. The van der Waals surface area contributed by atoms with Crippen LogP contribution in [0.2, 0.25) is 5.02 Å². The van der Waals surface area contributed by atoms with Gasteiger partial charge < -0.3 is 25.2 Å². The highest BCUT2D eigenvalue weighted by Gasteiger charge is 2.38. The summed E-state index contributed by atoms with van der Waals surface area (Å²) in [5.74, 6) is -0.207. The average Bonchev–Trinajstić information content (AvgIpc) is 3.49. The zero-order valence-corrected chi connectivity index (χ0v) is 23.6. The maximum atomic E-state index is 13.3. The predicted octanol–water partition coefficient (Wildman–Crippen LogP) is 4.06. The number of amides is 3. The lowest BCUT2D eigenvalue weighted by Crippen LogP contribution is -2.56. The summed E-state index contributed by atoms with van der Waals surface area (Å²) >= 11 is 6.64. The predicted molar refractivity (Wildman–Crippen MR) is 156 cm³/mol. The minimum Gasteiger partial charge on any atom is -0.388 e. The number of aromatic nitrogens is 1. The van der Waals surface area contributed by atoms with Gasteiger partial charge in [-0.15, -0.1) is 0 Å². The summed E-state index contributed by atoms with van der Waals surface area (Å²) in [6.07, 6.45) is 5.81. The fourth-order valence-electron chi connectivity index (χ4n) is 5.99. The molecule has 0 saturated carbocycles. The minimum atomic E-state index is -1.06. The summed E-state index contributed by atoms with van der Waals surface area (Å²) in [6, 6.07) is 16.3. The van der Waals surface area contributed by atoms with Crippen LogP contribution in [-0.2, 0) is 0 Å². The maximum absolute atomic E-state index is 13.3. The van der Waals surface area contributed by atoms with Crippen molar-refractivity contribution in [1.82, 2.24) is 19.4 Å². The number of rotatable bonds is 5. The zero-order valence-electron chi connectivity index (χ0n) is 22.9. The Morgan fingerprint density at radius 3 is 2.24 bits per heavy atom. The van der Waals surface area contributed by atoms with Crippen molar-refractivity contribution in [3.63, 3.8) is 0 Å². The molecule has 3 aliphatic rings. The molecule has 4 heterocycles. The molecule has 1 aromatic heterocycles. The minimum absolute atomic E-state index is 0.0612. The molecule has 3 aromatic rings. The molecule has 214 valence electrons. The molecule has 0 unspecified atom stereocenters. The summed E-state index contributed by atoms with van der Waals surface area (Å²) in [5, 5.41) is 11.7. The number of β-amino-alcohol motifs (C(OH)–C–C–N with tert-alkyl or cyclic N) is 1. The molecule has 3 aliphatic heterocycles. The number of halogens is 1. The van der Waals surface area contributed by atoms with Gasteiger partial charge in [0.1, 0.15) is 12.4 Å². The highest BCUT2D eigenvalue weighted by molar-refractivity contribution is 6.33. The Kier molecular flexibility index (Phi) is 7.48. The van der Waals surface area contributed by atoms with Crippen molar-refractivity contribution in [3.8, 4) is 11.1 Å². The number of aliphatic hydroxyl groups is 1. The molecule has 41 heavy (non-hydrogen) atoms. The van der Waals surface area contributed by atoms with Gasteiger partial charge in [-0.3, -0.25) is 19.1 Å². The quantitative estimate of drug-likeness (QED) is 0.478. The molecule has 3 amide bonds. The van der Waals surface area contributed by atoms with Crippen LogP contribution >= 0.6 is 11.6 Å². The first-order valence-corrected chi connectivity index (χ1v) is 14.6. The van der Waals surface area contributed by atoms with Crippen molar-refractivity contribution in [2.45, 2.75) is 37.7 Å². The Hall–Kier alpha value is -3.82. The fraction of sp³-hybridized carbons (Fsp3) is 0.387. The van der Waals surface area contributed by atoms with Crippen LogP contribution in [0.15, 0.2) is 60.8 Å². The van der Waals surface area contributed by atoms with E-state index >= 15 is 0 Å². The first kappa shape index (κ1) is 27.4. The Bertz CT molecular complexity index is 1460. The number of likely N-dealkylation sites (tertiary alicyclic amines) is 2. The zero-order chi connectivity index (χ0) is 28.6. The molecule has 0 aliphatic carbocycles. The van der Waals surface area contributed by atoms with Gasteiger partial charge in [0.25, 0.3) is 17.7 Å². The van der Waals surface area contributed by atoms with E-state index in [9.17, 15) is 19.5 Å². The molecule has 2 fully saturated rings. The van der Waals surface area contributed by atoms with Crippen LogP contribution in [-0.4, -0.2) is 87.2 Å². The number of carbonyl (C=O) groups excluding carboxylic acids is 3. The Morgan fingerprint density at radius 1 is 0.878 bits per heavy atom. The number of hydrogen-bond donors (Lipinski definition) is 2. The largest absolute Gasteiger partial charge is 0.388 e. The van der Waals surface area contributed by atoms with Crippen molar-refractivity contribution in [1.29, 1.82) is 0 Å². The maximum Gasteiger partial charge on any atom is 0.273 e. The number of fused-ring (bicyclic) bond motifs is 1. The van der Waals surface area contributed by atoms with E-state index in [1.807, 2.05) is 35.2 Å². The van der Waals surface area contributed by atoms with Crippen molar-refractivity contribution in [2.75, 3.05) is 44.8 Å². The normalized spacial score (nSPS) is 18.6. The topological polar surface area (TPSA) is 98.1 Å². The molecular formula is C31H34ClN5O4. The monoisotopic (exact) mass is 575 g/mol. The highest BCUT2D eigenvalue weighted by atomic mass is 35.5. The fourth-order valence-corrected chi connectivity index (χ4v) is 6.28. The van der Waals surface area contributed by atoms with E-state index in [2.05, 4.69) is 5.43 Å². The number of hydrogen-bond acceptors (Lipinski definition) is 5. The molecule has 0 radical (unpaired) electrons. The van der Waals surface area contributed by atoms with Gasteiger partial charge >= 0.3 is 0 Å². The highest BCUT2D eigenvalue weighted by Crippen LogP contribution is 2.31. The molecule has 0 spiro atoms. The van der Waals surface area contributed by atoms with Crippen LogP contribution < -0.4 is 5.43 Å². The van der Waals surface area contributed by atoms with Gasteiger partial charge in [-0.1, -0.05) is 29.8 Å². The lowest BCUT2D eigenvalue weighted by Gasteiger charge is -2.42. The van der Waals surface area contributed by atoms with E-state index in [4.69, 9.17) is 11.6 Å². The molecule has 2 aromatic carbocycles. The Balaban J connectivity index is 1.07. The SMILES string of the molecule is O=C(c1ccc(-c2ccc(C(=O)N3CCC(O)(CN4CNn5cccc5C4=O)CC3)cc2Cl)cc1)N1CCCCC1. The average molecular weight is 576 g/mol. The van der Waals surface area contributed by atoms with E-state index in [0.717, 1.165) is 37.1 Å². The van der Waals surface area contributed by atoms with Crippen LogP contribution in [0.3, 0.4) is 0 Å². The molecular weight excluding hydrogens is 542 g/mol. The van der Waals surface area contributed by atoms with Crippen LogP contribution in [0.4, 0.5) is 0 Å². The van der Waals surface area contributed by atoms with E-state index in [0.29, 0.717) is 54.4 Å². The first-order chi connectivity index (χ1) is 19.8. The third kappa shape index (κ3) is 5.56. The molecule has 9 nitrogen and oxygen atoms in total. The van der Waals surface area contributed by atoms with Gasteiger partial charge in [-0.05, 0) is 74.1 Å². The second-order valence-electron chi connectivity index (χ2n) is 11.2. The standard InChI is InChI=1S/C31H34ClN5O4/c32-26-19-24(10-11-25(26)22-6-8-23(9-7-22)28(38)34-14-2-1-3-15-34)29(39)35-17-12-31(41,13-18-35)20-36-21-33-37-16-4-5-27(37)30(36)40/h4-11,16,19,33,41H,1-3,12-15,17-18,20-21H2. The van der Waals surface area contributed by atoms with Crippen molar-refractivity contribution in [2.24, 2.45) is 0 Å². The van der Waals surface area contributed by atoms with Crippen molar-refractivity contribution < 1.29 is 19.5 Å². The molecule has 2 saturated heterocycles. The van der Waals surface area contributed by atoms with Crippen LogP contribution in [0, 0.1) is 0 Å². The smallest absolute Gasteiger partial charge is 0.273 e. The number of nitrogens with one attached hydrogen (secondary N) is 1. The molecule has 10 heteroatoms. The lowest BCUT2D eigenvalue weighted by atomic mass is 9.90. The van der Waals surface area contributed by atoms with Crippen LogP contribution in [0.5, 0.6) is 0 Å². The van der Waals surface area contributed by atoms with Crippen LogP contribution in [0.25, 0.3) is 11.1 Å². The number of carbonyl (C=O) groups is 3. The van der Waals surface area contributed by atoms with Gasteiger partial charge in [-0.2, -0.15) is 0 Å². The summed E-state index contributed by atoms with van der Waals surface area (Å²) in [6.45, 7) is 2.90. The summed E-state index contributed by atoms with van der Waals surface area (Å²) in [4.78, 5) is 44.1. The van der Waals surface area contributed by atoms with E-state index in [1.165, 1.54) is 6.42 Å². The number of piperidine rings is 2. The van der Waals surface area contributed by atoms with Gasteiger partial charge in [-0.25, -0.2) is 0 Å². The van der Waals surface area contributed by atoms with Crippen molar-refractivity contribution >= 4 is 29.3 Å². The lowest BCUT2D eigenvalue weighted by molar-refractivity contribution is -0.0369. The first-order valence-electron chi connectivity index (χ1n) is 14.2. The van der Waals surface area contributed by atoms with Gasteiger partial charge in [0, 0.05) is 54.1 Å². The van der Waals surface area contributed by atoms with E-state index in [1.54, 1.807) is 44.9 Å². The molecule has 6 rings (SSSR count). The van der Waals surface area contributed by atoms with Gasteiger partial charge in [0.2, 0.25) is 0 Å².